The van der Waals surface area contributed by atoms with E-state index in [1.54, 1.807) is 44.2 Å². The summed E-state index contributed by atoms with van der Waals surface area (Å²) in [6.07, 6.45) is 0. The molecule has 5 nitrogen and oxygen atoms in total. The van der Waals surface area contributed by atoms with Gasteiger partial charge >= 0.3 is 6.03 Å². The minimum atomic E-state index is -0.210. The topological polar surface area (TPSA) is 52.7 Å². The third-order valence-electron chi connectivity index (χ3n) is 2.92. The minimum absolute atomic E-state index is 0.0196. The number of benzene rings is 1. The third-order valence-corrected chi connectivity index (χ3v) is 3.23. The number of nitrogens with one attached hydrogen (secondary N) is 1. The van der Waals surface area contributed by atoms with Crippen molar-refractivity contribution in [1.82, 2.24) is 9.80 Å². The summed E-state index contributed by atoms with van der Waals surface area (Å²) in [4.78, 5) is 27.1. The van der Waals surface area contributed by atoms with Crippen molar-refractivity contribution < 1.29 is 9.59 Å². The number of hydrogen-bond donors (Lipinski definition) is 1. The van der Waals surface area contributed by atoms with Gasteiger partial charge in [0, 0.05) is 33.4 Å². The number of halogens is 1. The molecule has 0 radical (unpaired) electrons. The SMILES string of the molecule is CN(C)C(=O)c1ccc(NC(=O)N(C)CC(C)(C)C)cc1Cl. The van der Waals surface area contributed by atoms with Gasteiger partial charge in [-0.15, -0.1) is 0 Å². The van der Waals surface area contributed by atoms with E-state index in [0.717, 1.165) is 0 Å². The molecule has 0 atom stereocenters. The first-order chi connectivity index (χ1) is 10.0. The fourth-order valence-corrected chi connectivity index (χ4v) is 2.27. The quantitative estimate of drug-likeness (QED) is 0.924. The number of carbonyl (C=O) groups is 2. The Kier molecular flexibility index (Phi) is 5.83. The molecule has 0 spiro atoms. The Bertz CT molecular complexity index is 565. The second-order valence-electron chi connectivity index (χ2n) is 6.74. The molecule has 1 N–H and O–H groups in total. The number of rotatable bonds is 3. The molecule has 0 aliphatic heterocycles. The van der Waals surface area contributed by atoms with Crippen molar-refractivity contribution in [1.29, 1.82) is 0 Å². The predicted octanol–water partition coefficient (Wildman–Crippen LogP) is 3.55. The molecule has 0 unspecified atom stereocenters. The summed E-state index contributed by atoms with van der Waals surface area (Å²) >= 11 is 6.13. The molecule has 0 fully saturated rings. The van der Waals surface area contributed by atoms with Gasteiger partial charge in [0.1, 0.15) is 0 Å². The molecule has 22 heavy (non-hydrogen) atoms. The zero-order valence-electron chi connectivity index (χ0n) is 14.0. The van der Waals surface area contributed by atoms with Crippen molar-refractivity contribution in [2.45, 2.75) is 20.8 Å². The number of carbonyl (C=O) groups excluding carboxylic acids is 2. The van der Waals surface area contributed by atoms with E-state index in [4.69, 9.17) is 11.6 Å². The van der Waals surface area contributed by atoms with Gasteiger partial charge in [0.05, 0.1) is 10.6 Å². The number of amides is 3. The first kappa shape index (κ1) is 18.3. The summed E-state index contributed by atoms with van der Waals surface area (Å²) in [5.41, 5.74) is 0.991. The van der Waals surface area contributed by atoms with Crippen LogP contribution in [0, 0.1) is 5.41 Å². The van der Waals surface area contributed by atoms with Crippen molar-refractivity contribution in [2.24, 2.45) is 5.41 Å². The summed E-state index contributed by atoms with van der Waals surface area (Å²) in [6.45, 7) is 6.82. The van der Waals surface area contributed by atoms with Crippen LogP contribution in [0.5, 0.6) is 0 Å². The van der Waals surface area contributed by atoms with Crippen LogP contribution in [0.15, 0.2) is 18.2 Å². The molecule has 1 aromatic rings. The lowest BCUT2D eigenvalue weighted by atomic mass is 9.96. The van der Waals surface area contributed by atoms with Gasteiger partial charge in [0.15, 0.2) is 0 Å². The Balaban J connectivity index is 2.81. The van der Waals surface area contributed by atoms with Gasteiger partial charge in [-0.25, -0.2) is 4.79 Å². The lowest BCUT2D eigenvalue weighted by molar-refractivity contribution is 0.0828. The van der Waals surface area contributed by atoms with Crippen LogP contribution in [-0.2, 0) is 0 Å². The van der Waals surface area contributed by atoms with Crippen LogP contribution in [-0.4, -0.2) is 49.4 Å². The zero-order chi connectivity index (χ0) is 17.1. The van der Waals surface area contributed by atoms with E-state index in [1.165, 1.54) is 4.90 Å². The van der Waals surface area contributed by atoms with Crippen LogP contribution in [0.1, 0.15) is 31.1 Å². The molecule has 0 saturated carbocycles. The van der Waals surface area contributed by atoms with Crippen LogP contribution in [0.2, 0.25) is 5.02 Å². The van der Waals surface area contributed by atoms with Crippen LogP contribution < -0.4 is 5.32 Å². The molecule has 0 heterocycles. The second kappa shape index (κ2) is 7.01. The van der Waals surface area contributed by atoms with E-state index in [-0.39, 0.29) is 17.4 Å². The fraction of sp³-hybridized carbons (Fsp3) is 0.500. The van der Waals surface area contributed by atoms with Gasteiger partial charge in [-0.3, -0.25) is 4.79 Å². The Morgan fingerprint density at radius 2 is 1.77 bits per heavy atom. The highest BCUT2D eigenvalue weighted by atomic mass is 35.5. The first-order valence-electron chi connectivity index (χ1n) is 7.04. The highest BCUT2D eigenvalue weighted by molar-refractivity contribution is 6.34. The van der Waals surface area contributed by atoms with E-state index in [9.17, 15) is 9.59 Å². The zero-order valence-corrected chi connectivity index (χ0v) is 14.8. The maximum Gasteiger partial charge on any atom is 0.321 e. The van der Waals surface area contributed by atoms with E-state index in [1.807, 2.05) is 0 Å². The Morgan fingerprint density at radius 3 is 2.23 bits per heavy atom. The van der Waals surface area contributed by atoms with Gasteiger partial charge in [0.25, 0.3) is 5.91 Å². The minimum Gasteiger partial charge on any atom is -0.345 e. The molecule has 1 rings (SSSR count). The Hall–Kier alpha value is -1.75. The van der Waals surface area contributed by atoms with Gasteiger partial charge in [-0.05, 0) is 23.6 Å². The molecule has 0 bridgehead atoms. The molecule has 1 aromatic carbocycles. The predicted molar refractivity (Wildman–Crippen MR) is 90.6 cm³/mol. The number of anilines is 1. The molecule has 122 valence electrons. The lowest BCUT2D eigenvalue weighted by Gasteiger charge is -2.26. The average Bonchev–Trinajstić information content (AvgIpc) is 2.35. The maximum absolute atomic E-state index is 12.1. The summed E-state index contributed by atoms with van der Waals surface area (Å²) in [7, 11) is 5.07. The maximum atomic E-state index is 12.1. The molecular weight excluding hydrogens is 302 g/mol. The Labute approximate surface area is 137 Å². The number of urea groups is 1. The van der Waals surface area contributed by atoms with E-state index in [0.29, 0.717) is 22.8 Å². The van der Waals surface area contributed by atoms with Crippen LogP contribution in [0.3, 0.4) is 0 Å². The number of hydrogen-bond acceptors (Lipinski definition) is 2. The smallest absolute Gasteiger partial charge is 0.321 e. The van der Waals surface area contributed by atoms with Crippen LogP contribution in [0.4, 0.5) is 10.5 Å². The van der Waals surface area contributed by atoms with Gasteiger partial charge < -0.3 is 15.1 Å². The van der Waals surface area contributed by atoms with Crippen molar-refractivity contribution >= 4 is 29.2 Å². The molecule has 0 aliphatic rings. The molecule has 3 amide bonds. The highest BCUT2D eigenvalue weighted by Gasteiger charge is 2.18. The summed E-state index contributed by atoms with van der Waals surface area (Å²) < 4.78 is 0. The summed E-state index contributed by atoms with van der Waals surface area (Å²) in [5, 5.41) is 3.09. The Morgan fingerprint density at radius 1 is 1.18 bits per heavy atom. The fourth-order valence-electron chi connectivity index (χ4n) is 2.01. The van der Waals surface area contributed by atoms with Crippen molar-refractivity contribution in [3.05, 3.63) is 28.8 Å². The highest BCUT2D eigenvalue weighted by Crippen LogP contribution is 2.22. The van der Waals surface area contributed by atoms with E-state index in [2.05, 4.69) is 26.1 Å². The van der Waals surface area contributed by atoms with Gasteiger partial charge in [-0.2, -0.15) is 0 Å². The lowest BCUT2D eigenvalue weighted by Crippen LogP contribution is -2.37. The number of nitrogens with zero attached hydrogens (tertiary/aromatic N) is 2. The monoisotopic (exact) mass is 325 g/mol. The van der Waals surface area contributed by atoms with Crippen molar-refractivity contribution in [3.63, 3.8) is 0 Å². The molecule has 0 saturated heterocycles. The molecular formula is C16H24ClN3O2. The average molecular weight is 326 g/mol. The largest absolute Gasteiger partial charge is 0.345 e. The van der Waals surface area contributed by atoms with E-state index < -0.39 is 0 Å². The molecule has 0 aliphatic carbocycles. The normalized spacial score (nSPS) is 11.0. The summed E-state index contributed by atoms with van der Waals surface area (Å²) in [5.74, 6) is -0.173. The van der Waals surface area contributed by atoms with Crippen molar-refractivity contribution in [3.8, 4) is 0 Å². The second-order valence-corrected chi connectivity index (χ2v) is 7.15. The third kappa shape index (κ3) is 5.22. The first-order valence-corrected chi connectivity index (χ1v) is 7.42. The molecule has 6 heteroatoms. The van der Waals surface area contributed by atoms with Crippen LogP contribution >= 0.6 is 11.6 Å². The van der Waals surface area contributed by atoms with Gasteiger partial charge in [-0.1, -0.05) is 32.4 Å². The van der Waals surface area contributed by atoms with Crippen molar-refractivity contribution in [2.75, 3.05) is 33.0 Å². The van der Waals surface area contributed by atoms with Crippen LogP contribution in [0.25, 0.3) is 0 Å². The standard InChI is InChI=1S/C16H24ClN3O2/c1-16(2,3)10-20(6)15(22)18-11-7-8-12(13(17)9-11)14(21)19(4)5/h7-9H,10H2,1-6H3,(H,18,22). The van der Waals surface area contributed by atoms with Gasteiger partial charge in [0.2, 0.25) is 0 Å². The summed E-state index contributed by atoms with van der Waals surface area (Å²) in [6, 6.07) is 4.66. The molecule has 0 aromatic heterocycles. The van der Waals surface area contributed by atoms with E-state index >= 15 is 0 Å².